The zero-order chi connectivity index (χ0) is 18.8. The second-order valence-electron chi connectivity index (χ2n) is 6.38. The number of amides is 1. The summed E-state index contributed by atoms with van der Waals surface area (Å²) >= 11 is 7.21. The van der Waals surface area contributed by atoms with Gasteiger partial charge in [0.1, 0.15) is 11.8 Å². The second-order valence-corrected chi connectivity index (χ2v) is 8.08. The minimum absolute atomic E-state index is 0.00430. The highest BCUT2D eigenvalue weighted by Crippen LogP contribution is 2.42. The van der Waals surface area contributed by atoms with Crippen LogP contribution in [0.4, 0.5) is 0 Å². The van der Waals surface area contributed by atoms with E-state index in [2.05, 4.69) is 31.9 Å². The smallest absolute Gasteiger partial charge is 0.267 e. The molecule has 0 saturated carbocycles. The number of hydrogen-bond donors (Lipinski definition) is 0. The molecular weight excluding hydrogens is 470 g/mol. The molecule has 0 N–H and O–H groups in total. The summed E-state index contributed by atoms with van der Waals surface area (Å²) in [4.78, 5) is 14.8. The zero-order valence-electron chi connectivity index (χ0n) is 14.4. The maximum atomic E-state index is 12.9. The van der Waals surface area contributed by atoms with Crippen molar-refractivity contribution in [2.75, 3.05) is 0 Å². The first-order valence-electron chi connectivity index (χ1n) is 8.65. The predicted molar refractivity (Wildman–Crippen MR) is 112 cm³/mol. The van der Waals surface area contributed by atoms with E-state index in [0.717, 1.165) is 20.1 Å². The number of likely N-dealkylation sites (tertiary alicyclic amines) is 1. The monoisotopic (exact) mass is 485 g/mol. The Morgan fingerprint density at radius 2 is 1.44 bits per heavy atom. The van der Waals surface area contributed by atoms with Gasteiger partial charge in [-0.25, -0.2) is 0 Å². The van der Waals surface area contributed by atoms with Crippen molar-refractivity contribution in [2.24, 2.45) is 0 Å². The SMILES string of the molecule is O=C1[C@@H](Oc2ccccc2)[C@@H](c2ccccc2Br)N1Cc1ccccc1Br. The summed E-state index contributed by atoms with van der Waals surface area (Å²) < 4.78 is 8.03. The first kappa shape index (κ1) is 18.3. The Hall–Kier alpha value is -2.11. The van der Waals surface area contributed by atoms with Gasteiger partial charge in [-0.05, 0) is 35.4 Å². The van der Waals surface area contributed by atoms with Crippen molar-refractivity contribution < 1.29 is 9.53 Å². The fourth-order valence-corrected chi connectivity index (χ4v) is 4.24. The Bertz CT molecular complexity index is 961. The van der Waals surface area contributed by atoms with Crippen molar-refractivity contribution in [1.29, 1.82) is 0 Å². The van der Waals surface area contributed by atoms with Crippen molar-refractivity contribution in [3.05, 3.63) is 98.9 Å². The van der Waals surface area contributed by atoms with Crippen LogP contribution in [0.1, 0.15) is 17.2 Å². The van der Waals surface area contributed by atoms with Gasteiger partial charge in [-0.2, -0.15) is 0 Å². The molecule has 0 aliphatic carbocycles. The standard InChI is InChI=1S/C22H17Br2NO2/c23-18-12-6-4-8-15(18)14-25-20(17-11-5-7-13-19(17)24)21(22(25)26)27-16-9-2-1-3-10-16/h1-13,20-21H,14H2/t20-,21+/m1/s1. The van der Waals surface area contributed by atoms with Crippen molar-refractivity contribution in [2.45, 2.75) is 18.7 Å². The van der Waals surface area contributed by atoms with Crippen LogP contribution in [0.3, 0.4) is 0 Å². The van der Waals surface area contributed by atoms with Gasteiger partial charge in [0.25, 0.3) is 5.91 Å². The predicted octanol–water partition coefficient (Wildman–Crippen LogP) is 5.74. The molecule has 1 saturated heterocycles. The van der Waals surface area contributed by atoms with E-state index < -0.39 is 6.10 Å². The maximum absolute atomic E-state index is 12.9. The summed E-state index contributed by atoms with van der Waals surface area (Å²) in [5.74, 6) is 0.698. The van der Waals surface area contributed by atoms with Crippen molar-refractivity contribution in [3.63, 3.8) is 0 Å². The Morgan fingerprint density at radius 1 is 0.815 bits per heavy atom. The van der Waals surface area contributed by atoms with E-state index in [1.807, 2.05) is 83.8 Å². The molecule has 4 rings (SSSR count). The largest absolute Gasteiger partial charge is 0.478 e. The second kappa shape index (κ2) is 7.87. The molecule has 3 aromatic rings. The van der Waals surface area contributed by atoms with Crippen molar-refractivity contribution in [3.8, 4) is 5.75 Å². The lowest BCUT2D eigenvalue weighted by atomic mass is 9.90. The highest BCUT2D eigenvalue weighted by atomic mass is 79.9. The molecule has 3 aromatic carbocycles. The summed E-state index contributed by atoms with van der Waals surface area (Å²) in [5.41, 5.74) is 2.12. The van der Waals surface area contributed by atoms with Crippen LogP contribution < -0.4 is 4.74 Å². The average Bonchev–Trinajstić information content (AvgIpc) is 2.70. The number of benzene rings is 3. The number of para-hydroxylation sites is 1. The summed E-state index contributed by atoms with van der Waals surface area (Å²) in [7, 11) is 0. The van der Waals surface area contributed by atoms with Crippen molar-refractivity contribution in [1.82, 2.24) is 4.90 Å². The Labute approximate surface area is 175 Å². The van der Waals surface area contributed by atoms with E-state index in [1.165, 1.54) is 0 Å². The molecule has 1 fully saturated rings. The average molecular weight is 487 g/mol. The third-order valence-electron chi connectivity index (χ3n) is 4.68. The maximum Gasteiger partial charge on any atom is 0.267 e. The summed E-state index contributed by atoms with van der Waals surface area (Å²) in [5, 5.41) is 0. The number of nitrogens with zero attached hydrogens (tertiary/aromatic N) is 1. The molecular formula is C22H17Br2NO2. The van der Waals surface area contributed by atoms with Crippen LogP contribution in [-0.2, 0) is 11.3 Å². The number of hydrogen-bond acceptors (Lipinski definition) is 2. The first-order chi connectivity index (χ1) is 13.1. The Kier molecular flexibility index (Phi) is 5.32. The van der Waals surface area contributed by atoms with Gasteiger partial charge in [0.2, 0.25) is 6.10 Å². The van der Waals surface area contributed by atoms with E-state index >= 15 is 0 Å². The molecule has 5 heteroatoms. The number of ether oxygens (including phenoxy) is 1. The van der Waals surface area contributed by atoms with Crippen LogP contribution in [0.5, 0.6) is 5.75 Å². The van der Waals surface area contributed by atoms with Gasteiger partial charge in [0, 0.05) is 15.5 Å². The molecule has 2 atom stereocenters. The van der Waals surface area contributed by atoms with Crippen LogP contribution >= 0.6 is 31.9 Å². The molecule has 0 radical (unpaired) electrons. The minimum atomic E-state index is -0.534. The summed E-state index contributed by atoms with van der Waals surface area (Å²) in [6.45, 7) is 0.529. The van der Waals surface area contributed by atoms with Gasteiger partial charge in [-0.1, -0.05) is 86.5 Å². The van der Waals surface area contributed by atoms with E-state index in [1.54, 1.807) is 0 Å². The highest BCUT2D eigenvalue weighted by molar-refractivity contribution is 9.10. The van der Waals surface area contributed by atoms with Gasteiger partial charge < -0.3 is 9.64 Å². The molecule has 3 nitrogen and oxygen atoms in total. The highest BCUT2D eigenvalue weighted by Gasteiger charge is 2.50. The minimum Gasteiger partial charge on any atom is -0.478 e. The molecule has 0 aromatic heterocycles. The molecule has 0 spiro atoms. The van der Waals surface area contributed by atoms with E-state index in [-0.39, 0.29) is 11.9 Å². The number of rotatable bonds is 5. The molecule has 0 bridgehead atoms. The fraction of sp³-hybridized carbons (Fsp3) is 0.136. The lowest BCUT2D eigenvalue weighted by Crippen LogP contribution is -2.60. The normalized spacial score (nSPS) is 18.9. The molecule has 136 valence electrons. The van der Waals surface area contributed by atoms with Gasteiger partial charge >= 0.3 is 0 Å². The van der Waals surface area contributed by atoms with Crippen LogP contribution in [0.25, 0.3) is 0 Å². The molecule has 0 unspecified atom stereocenters. The van der Waals surface area contributed by atoms with Gasteiger partial charge in [-0.3, -0.25) is 4.79 Å². The zero-order valence-corrected chi connectivity index (χ0v) is 17.6. The molecule has 1 heterocycles. The summed E-state index contributed by atoms with van der Waals surface area (Å²) in [6.07, 6.45) is -0.534. The topological polar surface area (TPSA) is 29.5 Å². The third kappa shape index (κ3) is 3.66. The van der Waals surface area contributed by atoms with Crippen LogP contribution in [0, 0.1) is 0 Å². The molecule has 27 heavy (non-hydrogen) atoms. The quantitative estimate of drug-likeness (QED) is 0.430. The number of carbonyl (C=O) groups is 1. The fourth-order valence-electron chi connectivity index (χ4n) is 3.31. The number of β-lactam (4-membered cyclic amide) rings is 1. The summed E-state index contributed by atoms with van der Waals surface area (Å²) in [6, 6.07) is 25.3. The van der Waals surface area contributed by atoms with Crippen molar-refractivity contribution >= 4 is 37.8 Å². The molecule has 1 amide bonds. The van der Waals surface area contributed by atoms with Gasteiger partial charge in [0.05, 0.1) is 0 Å². The van der Waals surface area contributed by atoms with E-state index in [4.69, 9.17) is 4.74 Å². The third-order valence-corrected chi connectivity index (χ3v) is 6.17. The van der Waals surface area contributed by atoms with Crippen LogP contribution in [0.15, 0.2) is 87.8 Å². The lowest BCUT2D eigenvalue weighted by Gasteiger charge is -2.47. The lowest BCUT2D eigenvalue weighted by molar-refractivity contribution is -0.165. The van der Waals surface area contributed by atoms with Crippen LogP contribution in [-0.4, -0.2) is 16.9 Å². The molecule has 1 aliphatic heterocycles. The first-order valence-corrected chi connectivity index (χ1v) is 10.2. The molecule has 1 aliphatic rings. The number of halogens is 2. The Balaban J connectivity index is 1.65. The van der Waals surface area contributed by atoms with Crippen LogP contribution in [0.2, 0.25) is 0 Å². The van der Waals surface area contributed by atoms with Gasteiger partial charge in [0.15, 0.2) is 0 Å². The van der Waals surface area contributed by atoms with E-state index in [0.29, 0.717) is 12.3 Å². The number of carbonyl (C=O) groups excluding carboxylic acids is 1. The van der Waals surface area contributed by atoms with E-state index in [9.17, 15) is 4.79 Å². The Morgan fingerprint density at radius 3 is 2.15 bits per heavy atom. The van der Waals surface area contributed by atoms with Gasteiger partial charge in [-0.15, -0.1) is 0 Å².